The van der Waals surface area contributed by atoms with Crippen molar-refractivity contribution in [2.75, 3.05) is 13.2 Å². The number of nitrogens with zero attached hydrogens (tertiary/aromatic N) is 1. The SMILES string of the molecule is CCOC(C)CNS(=O)(=O)c1cc(C#N)ccc1Cl. The van der Waals surface area contributed by atoms with E-state index >= 15 is 0 Å². The predicted molar refractivity (Wildman–Crippen MR) is 72.4 cm³/mol. The third kappa shape index (κ3) is 4.48. The number of hydrogen-bond donors (Lipinski definition) is 1. The summed E-state index contributed by atoms with van der Waals surface area (Å²) in [6, 6.07) is 5.97. The maximum absolute atomic E-state index is 12.1. The van der Waals surface area contributed by atoms with Crippen molar-refractivity contribution in [3.8, 4) is 6.07 Å². The maximum Gasteiger partial charge on any atom is 0.242 e. The van der Waals surface area contributed by atoms with Crippen molar-refractivity contribution in [2.45, 2.75) is 24.8 Å². The standard InChI is InChI=1S/C12H15ClN2O3S/c1-3-18-9(2)8-15-19(16,17)12-6-10(7-14)4-5-11(12)13/h4-6,9,15H,3,8H2,1-2H3. The van der Waals surface area contributed by atoms with Crippen LogP contribution in [0.25, 0.3) is 0 Å². The lowest BCUT2D eigenvalue weighted by Crippen LogP contribution is -2.32. The molecule has 0 bridgehead atoms. The molecule has 0 heterocycles. The topological polar surface area (TPSA) is 79.2 Å². The summed E-state index contributed by atoms with van der Waals surface area (Å²) in [7, 11) is -3.75. The van der Waals surface area contributed by atoms with Crippen LogP contribution < -0.4 is 4.72 Å². The van der Waals surface area contributed by atoms with Gasteiger partial charge in [0.2, 0.25) is 10.0 Å². The van der Waals surface area contributed by atoms with Gasteiger partial charge in [-0.2, -0.15) is 5.26 Å². The average molecular weight is 303 g/mol. The molecule has 0 radical (unpaired) electrons. The smallest absolute Gasteiger partial charge is 0.242 e. The molecule has 1 N–H and O–H groups in total. The van der Waals surface area contributed by atoms with Gasteiger partial charge in [-0.15, -0.1) is 0 Å². The van der Waals surface area contributed by atoms with E-state index in [-0.39, 0.29) is 28.1 Å². The quantitative estimate of drug-likeness (QED) is 0.870. The fourth-order valence-electron chi connectivity index (χ4n) is 1.43. The molecule has 1 unspecified atom stereocenters. The first-order valence-electron chi connectivity index (χ1n) is 5.71. The number of nitriles is 1. The zero-order chi connectivity index (χ0) is 14.5. The summed E-state index contributed by atoms with van der Waals surface area (Å²) in [5.41, 5.74) is 0.239. The van der Waals surface area contributed by atoms with E-state index in [9.17, 15) is 8.42 Å². The van der Waals surface area contributed by atoms with Crippen molar-refractivity contribution in [3.05, 3.63) is 28.8 Å². The van der Waals surface area contributed by atoms with Crippen LogP contribution in [0.1, 0.15) is 19.4 Å². The Labute approximate surface area is 118 Å². The van der Waals surface area contributed by atoms with Gasteiger partial charge in [-0.05, 0) is 32.0 Å². The first kappa shape index (κ1) is 15.9. The lowest BCUT2D eigenvalue weighted by molar-refractivity contribution is 0.0799. The average Bonchev–Trinajstić information content (AvgIpc) is 2.37. The van der Waals surface area contributed by atoms with Crippen molar-refractivity contribution >= 4 is 21.6 Å². The van der Waals surface area contributed by atoms with E-state index in [0.29, 0.717) is 6.61 Å². The molecule has 5 nitrogen and oxygen atoms in total. The molecule has 1 aromatic carbocycles. The fraction of sp³-hybridized carbons (Fsp3) is 0.417. The molecule has 0 spiro atoms. The van der Waals surface area contributed by atoms with Crippen LogP contribution in [0, 0.1) is 11.3 Å². The van der Waals surface area contributed by atoms with Gasteiger partial charge in [0, 0.05) is 13.2 Å². The van der Waals surface area contributed by atoms with E-state index in [1.54, 1.807) is 6.92 Å². The van der Waals surface area contributed by atoms with Crippen LogP contribution in [0.15, 0.2) is 23.1 Å². The van der Waals surface area contributed by atoms with Crippen LogP contribution in [0.3, 0.4) is 0 Å². The Hall–Kier alpha value is -1.13. The largest absolute Gasteiger partial charge is 0.377 e. The molecule has 0 aromatic heterocycles. The Morgan fingerprint density at radius 2 is 2.21 bits per heavy atom. The maximum atomic E-state index is 12.1. The normalized spacial score (nSPS) is 12.9. The summed E-state index contributed by atoms with van der Waals surface area (Å²) in [5.74, 6) is 0. The molecule has 1 rings (SSSR count). The van der Waals surface area contributed by atoms with Gasteiger partial charge in [0.05, 0.1) is 22.8 Å². The molecular formula is C12H15ClN2O3S. The minimum atomic E-state index is -3.75. The highest BCUT2D eigenvalue weighted by atomic mass is 35.5. The highest BCUT2D eigenvalue weighted by molar-refractivity contribution is 7.89. The highest BCUT2D eigenvalue weighted by Gasteiger charge is 2.19. The molecule has 19 heavy (non-hydrogen) atoms. The van der Waals surface area contributed by atoms with Crippen LogP contribution in [0.4, 0.5) is 0 Å². The van der Waals surface area contributed by atoms with Gasteiger partial charge >= 0.3 is 0 Å². The minimum Gasteiger partial charge on any atom is -0.377 e. The van der Waals surface area contributed by atoms with E-state index in [1.807, 2.05) is 13.0 Å². The van der Waals surface area contributed by atoms with E-state index in [0.717, 1.165) is 0 Å². The number of nitrogens with one attached hydrogen (secondary N) is 1. The Morgan fingerprint density at radius 3 is 2.79 bits per heavy atom. The summed E-state index contributed by atoms with van der Waals surface area (Å²) in [6.45, 7) is 4.24. The molecule has 104 valence electrons. The van der Waals surface area contributed by atoms with Crippen molar-refractivity contribution < 1.29 is 13.2 Å². The number of sulfonamides is 1. The van der Waals surface area contributed by atoms with Crippen molar-refractivity contribution in [2.24, 2.45) is 0 Å². The molecule has 1 atom stereocenters. The Bertz CT molecular complexity index is 581. The second-order valence-corrected chi connectivity index (χ2v) is 6.02. The van der Waals surface area contributed by atoms with E-state index in [1.165, 1.54) is 18.2 Å². The van der Waals surface area contributed by atoms with E-state index < -0.39 is 10.0 Å². The van der Waals surface area contributed by atoms with Crippen LogP contribution in [-0.4, -0.2) is 27.7 Å². The number of halogens is 1. The Morgan fingerprint density at radius 1 is 1.53 bits per heavy atom. The molecule has 7 heteroatoms. The van der Waals surface area contributed by atoms with Gasteiger partial charge in [0.25, 0.3) is 0 Å². The molecule has 0 aliphatic carbocycles. The molecule has 0 aliphatic heterocycles. The summed E-state index contributed by atoms with van der Waals surface area (Å²) < 4.78 is 31.8. The van der Waals surface area contributed by atoms with Gasteiger partial charge in [0.15, 0.2) is 0 Å². The summed E-state index contributed by atoms with van der Waals surface area (Å²) >= 11 is 5.85. The van der Waals surface area contributed by atoms with Crippen LogP contribution >= 0.6 is 11.6 Å². The summed E-state index contributed by atoms with van der Waals surface area (Å²) in [5, 5.41) is 8.86. The van der Waals surface area contributed by atoms with Gasteiger partial charge < -0.3 is 4.74 Å². The van der Waals surface area contributed by atoms with Crippen LogP contribution in [0.2, 0.25) is 5.02 Å². The minimum absolute atomic E-state index is 0.0792. The number of hydrogen-bond acceptors (Lipinski definition) is 4. The summed E-state index contributed by atoms with van der Waals surface area (Å²) in [4.78, 5) is -0.100. The van der Waals surface area contributed by atoms with Gasteiger partial charge in [0.1, 0.15) is 4.90 Å². The predicted octanol–water partition coefficient (Wildman–Crippen LogP) is 1.91. The second-order valence-electron chi connectivity index (χ2n) is 3.87. The van der Waals surface area contributed by atoms with Gasteiger partial charge in [-0.1, -0.05) is 11.6 Å². The van der Waals surface area contributed by atoms with Crippen LogP contribution in [-0.2, 0) is 14.8 Å². The molecular weight excluding hydrogens is 288 g/mol. The van der Waals surface area contributed by atoms with Gasteiger partial charge in [-0.25, -0.2) is 13.1 Å². The monoisotopic (exact) mass is 302 g/mol. The lowest BCUT2D eigenvalue weighted by Gasteiger charge is -2.13. The first-order chi connectivity index (χ1) is 8.90. The zero-order valence-electron chi connectivity index (χ0n) is 10.7. The van der Waals surface area contributed by atoms with Crippen LogP contribution in [0.5, 0.6) is 0 Å². The number of rotatable bonds is 6. The number of ether oxygens (including phenoxy) is 1. The third-order valence-electron chi connectivity index (χ3n) is 2.36. The molecule has 0 saturated carbocycles. The third-order valence-corrected chi connectivity index (χ3v) is 4.27. The Kier molecular flexibility index (Phi) is 5.76. The van der Waals surface area contributed by atoms with Crippen molar-refractivity contribution in [1.29, 1.82) is 5.26 Å². The highest BCUT2D eigenvalue weighted by Crippen LogP contribution is 2.22. The zero-order valence-corrected chi connectivity index (χ0v) is 12.3. The van der Waals surface area contributed by atoms with Gasteiger partial charge in [-0.3, -0.25) is 0 Å². The molecule has 0 amide bonds. The Balaban J connectivity index is 2.92. The molecule has 0 fully saturated rings. The first-order valence-corrected chi connectivity index (χ1v) is 7.57. The van der Waals surface area contributed by atoms with Crippen molar-refractivity contribution in [1.82, 2.24) is 4.72 Å². The summed E-state index contributed by atoms with van der Waals surface area (Å²) in [6.07, 6.45) is -0.238. The number of benzene rings is 1. The van der Waals surface area contributed by atoms with E-state index in [4.69, 9.17) is 21.6 Å². The van der Waals surface area contributed by atoms with E-state index in [2.05, 4.69) is 4.72 Å². The lowest BCUT2D eigenvalue weighted by atomic mass is 10.2. The molecule has 0 aliphatic rings. The van der Waals surface area contributed by atoms with Crippen molar-refractivity contribution in [3.63, 3.8) is 0 Å². The second kappa shape index (κ2) is 6.87. The fourth-order valence-corrected chi connectivity index (χ4v) is 3.07. The molecule has 1 aromatic rings. The molecule has 0 saturated heterocycles.